The van der Waals surface area contributed by atoms with E-state index in [1.165, 1.54) is 12.5 Å². The lowest BCUT2D eigenvalue weighted by Gasteiger charge is -2.11. The second kappa shape index (κ2) is 5.62. The van der Waals surface area contributed by atoms with E-state index < -0.39 is 7.38 Å². The third-order valence-corrected chi connectivity index (χ3v) is 3.67. The number of hydrogen-bond donors (Lipinski definition) is 0. The summed E-state index contributed by atoms with van der Waals surface area (Å²) < 4.78 is 0. The quantitative estimate of drug-likeness (QED) is 0.369. The van der Waals surface area contributed by atoms with Crippen molar-refractivity contribution in [1.82, 2.24) is 0 Å². The third-order valence-electron chi connectivity index (χ3n) is 1.56. The molecule has 0 amide bonds. The fourth-order valence-corrected chi connectivity index (χ4v) is 2.42. The van der Waals surface area contributed by atoms with Gasteiger partial charge in [-0.1, -0.05) is 25.9 Å². The summed E-state index contributed by atoms with van der Waals surface area (Å²) in [5, 5.41) is 8.26. The van der Waals surface area contributed by atoms with Crippen molar-refractivity contribution in [3.63, 3.8) is 0 Å². The van der Waals surface area contributed by atoms with Crippen molar-refractivity contribution in [3.05, 3.63) is 0 Å². The van der Waals surface area contributed by atoms with Gasteiger partial charge in [0, 0.05) is 6.42 Å². The van der Waals surface area contributed by atoms with Crippen LogP contribution in [0.25, 0.3) is 0 Å². The van der Waals surface area contributed by atoms with Crippen LogP contribution in [0.5, 0.6) is 0 Å². The first-order chi connectivity index (χ1) is 5.06. The Morgan fingerprint density at radius 2 is 1.91 bits per heavy atom. The maximum atomic E-state index is 8.26. The van der Waals surface area contributed by atoms with Crippen LogP contribution in [-0.2, 0) is 0 Å². The summed E-state index contributed by atoms with van der Waals surface area (Å²) in [5.74, 6) is 0. The maximum absolute atomic E-state index is 8.26. The maximum Gasteiger partial charge on any atom is 0.150 e. The first kappa shape index (κ1) is 11.0. The molecule has 0 aromatic heterocycles. The van der Waals surface area contributed by atoms with Gasteiger partial charge in [-0.05, 0) is 12.5 Å². The van der Waals surface area contributed by atoms with Crippen molar-refractivity contribution in [1.29, 1.82) is 5.26 Å². The Balaban J connectivity index is 3.10. The van der Waals surface area contributed by atoms with Crippen LogP contribution in [0.3, 0.4) is 0 Å². The van der Waals surface area contributed by atoms with Crippen LogP contribution in [0.4, 0.5) is 0 Å². The number of nitriles is 1. The van der Waals surface area contributed by atoms with Crippen molar-refractivity contribution >= 4 is 18.5 Å². The molecule has 11 heavy (non-hydrogen) atoms. The van der Waals surface area contributed by atoms with Gasteiger partial charge < -0.3 is 0 Å². The molecule has 0 rings (SSSR count). The molecule has 0 aromatic carbocycles. The van der Waals surface area contributed by atoms with Crippen LogP contribution >= 0.6 is 11.1 Å². The van der Waals surface area contributed by atoms with E-state index in [2.05, 4.69) is 19.2 Å². The van der Waals surface area contributed by atoms with Gasteiger partial charge in [-0.25, -0.2) is 0 Å². The van der Waals surface area contributed by atoms with Crippen molar-refractivity contribution in [2.24, 2.45) is 0 Å². The summed E-state index contributed by atoms with van der Waals surface area (Å²) in [4.78, 5) is 0. The highest BCUT2D eigenvalue weighted by Crippen LogP contribution is 2.18. The van der Waals surface area contributed by atoms with E-state index in [9.17, 15) is 0 Å². The number of nitrogens with zero attached hydrogens (tertiary/aromatic N) is 1. The van der Waals surface area contributed by atoms with Crippen molar-refractivity contribution in [2.45, 2.75) is 44.8 Å². The predicted molar refractivity (Wildman–Crippen MR) is 52.2 cm³/mol. The summed E-state index contributed by atoms with van der Waals surface area (Å²) in [6, 6.07) is 3.32. The Bertz CT molecular complexity index is 134. The molecule has 0 aliphatic heterocycles. The SMILES string of the molecule is C[Si](C)(Cl)CCCCCC#N. The summed E-state index contributed by atoms with van der Waals surface area (Å²) in [5.41, 5.74) is 0. The minimum Gasteiger partial charge on any atom is -0.198 e. The minimum atomic E-state index is -1.33. The molecular weight excluding hydrogens is 174 g/mol. The van der Waals surface area contributed by atoms with Gasteiger partial charge in [0.1, 0.15) is 7.38 Å². The highest BCUT2D eigenvalue weighted by atomic mass is 35.6. The molecule has 0 fully saturated rings. The predicted octanol–water partition coefficient (Wildman–Crippen LogP) is 3.51. The van der Waals surface area contributed by atoms with Crippen molar-refractivity contribution < 1.29 is 0 Å². The molecule has 0 saturated heterocycles. The van der Waals surface area contributed by atoms with Crippen LogP contribution in [0.15, 0.2) is 0 Å². The molecule has 0 radical (unpaired) electrons. The van der Waals surface area contributed by atoms with Gasteiger partial charge >= 0.3 is 0 Å². The molecule has 0 spiro atoms. The lowest BCUT2D eigenvalue weighted by atomic mass is 10.2. The Morgan fingerprint density at radius 1 is 1.27 bits per heavy atom. The van der Waals surface area contributed by atoms with Crippen LogP contribution in [0.1, 0.15) is 25.7 Å². The molecule has 0 saturated carbocycles. The van der Waals surface area contributed by atoms with E-state index in [0.29, 0.717) is 6.42 Å². The molecule has 3 heteroatoms. The first-order valence-corrected chi connectivity index (χ1v) is 8.34. The van der Waals surface area contributed by atoms with Gasteiger partial charge in [0.25, 0.3) is 0 Å². The molecule has 0 bridgehead atoms. The fourth-order valence-electron chi connectivity index (χ4n) is 0.926. The van der Waals surface area contributed by atoms with Crippen LogP contribution < -0.4 is 0 Å². The summed E-state index contributed by atoms with van der Waals surface area (Å²) in [6.45, 7) is 4.33. The number of halogens is 1. The van der Waals surface area contributed by atoms with Crippen LogP contribution in [-0.4, -0.2) is 7.38 Å². The number of hydrogen-bond acceptors (Lipinski definition) is 1. The zero-order chi connectivity index (χ0) is 8.74. The second-order valence-corrected chi connectivity index (χ2v) is 10.4. The van der Waals surface area contributed by atoms with Gasteiger partial charge in [-0.15, -0.1) is 0 Å². The van der Waals surface area contributed by atoms with Crippen molar-refractivity contribution in [3.8, 4) is 6.07 Å². The van der Waals surface area contributed by atoms with Crippen LogP contribution in [0, 0.1) is 11.3 Å². The molecular formula is C8H16ClNSi. The largest absolute Gasteiger partial charge is 0.198 e. The van der Waals surface area contributed by atoms with E-state index in [-0.39, 0.29) is 0 Å². The highest BCUT2D eigenvalue weighted by molar-refractivity contribution is 7.19. The van der Waals surface area contributed by atoms with Gasteiger partial charge in [0.15, 0.2) is 0 Å². The normalized spacial score (nSPS) is 11.1. The molecule has 0 aliphatic rings. The van der Waals surface area contributed by atoms with E-state index in [4.69, 9.17) is 16.3 Å². The van der Waals surface area contributed by atoms with E-state index in [1.807, 2.05) is 0 Å². The van der Waals surface area contributed by atoms with Gasteiger partial charge in [-0.3, -0.25) is 0 Å². The summed E-state index contributed by atoms with van der Waals surface area (Å²) in [6.07, 6.45) is 4.10. The average Bonchev–Trinajstić information content (AvgIpc) is 1.85. The van der Waals surface area contributed by atoms with Gasteiger partial charge in [0.05, 0.1) is 6.07 Å². The highest BCUT2D eigenvalue weighted by Gasteiger charge is 2.15. The Morgan fingerprint density at radius 3 is 2.36 bits per heavy atom. The second-order valence-electron chi connectivity index (χ2n) is 3.44. The Kier molecular flexibility index (Phi) is 5.62. The van der Waals surface area contributed by atoms with Crippen molar-refractivity contribution in [2.75, 3.05) is 0 Å². The smallest absolute Gasteiger partial charge is 0.150 e. The Labute approximate surface area is 75.1 Å². The molecule has 1 nitrogen and oxygen atoms in total. The minimum absolute atomic E-state index is 0.699. The van der Waals surface area contributed by atoms with E-state index in [1.54, 1.807) is 0 Å². The van der Waals surface area contributed by atoms with E-state index in [0.717, 1.165) is 12.8 Å². The molecule has 64 valence electrons. The molecule has 0 heterocycles. The first-order valence-electron chi connectivity index (χ1n) is 4.12. The van der Waals surface area contributed by atoms with Crippen LogP contribution in [0.2, 0.25) is 19.1 Å². The topological polar surface area (TPSA) is 23.8 Å². The number of rotatable bonds is 5. The number of unbranched alkanes of at least 4 members (excludes halogenated alkanes) is 3. The van der Waals surface area contributed by atoms with Gasteiger partial charge in [-0.2, -0.15) is 16.3 Å². The Hall–Kier alpha value is -0.00312. The standard InChI is InChI=1S/C8H16ClNSi/c1-11(2,9)8-6-4-3-5-7-10/h3-6,8H2,1-2H3. The average molecular weight is 190 g/mol. The monoisotopic (exact) mass is 189 g/mol. The third kappa shape index (κ3) is 10.00. The molecule has 0 aromatic rings. The molecule has 0 atom stereocenters. The molecule has 0 unspecified atom stereocenters. The summed E-state index contributed by atoms with van der Waals surface area (Å²) >= 11 is 6.12. The summed E-state index contributed by atoms with van der Waals surface area (Å²) in [7, 11) is -1.33. The lowest BCUT2D eigenvalue weighted by Crippen LogP contribution is -2.14. The lowest BCUT2D eigenvalue weighted by molar-refractivity contribution is 0.729. The van der Waals surface area contributed by atoms with E-state index >= 15 is 0 Å². The zero-order valence-corrected chi connectivity index (χ0v) is 9.12. The fraction of sp³-hybridized carbons (Fsp3) is 0.875. The molecule has 0 N–H and O–H groups in total. The zero-order valence-electron chi connectivity index (χ0n) is 7.36. The molecule has 0 aliphatic carbocycles. The van der Waals surface area contributed by atoms with Gasteiger partial charge in [0.2, 0.25) is 0 Å².